The Kier molecular flexibility index (Phi) is 2.84. The number of thiazole rings is 1. The molecular weight excluding hydrogens is 212 g/mol. The number of pyridine rings is 1. The first kappa shape index (κ1) is 9.68. The molecule has 0 aliphatic heterocycles. The molecule has 2 nitrogen and oxygen atoms in total. The average Bonchev–Trinajstić information content (AvgIpc) is 2.70. The first-order chi connectivity index (χ1) is 6.81. The van der Waals surface area contributed by atoms with Crippen LogP contribution in [-0.4, -0.2) is 16.2 Å². The van der Waals surface area contributed by atoms with Gasteiger partial charge in [-0.2, -0.15) is 0 Å². The van der Waals surface area contributed by atoms with Crippen LogP contribution in [0, 0.1) is 6.92 Å². The quantitative estimate of drug-likeness (QED) is 0.730. The Bertz CT molecular complexity index is 424. The van der Waals surface area contributed by atoms with Gasteiger partial charge in [-0.25, -0.2) is 9.97 Å². The Labute approximate surface area is 91.4 Å². The summed E-state index contributed by atoms with van der Waals surface area (Å²) >= 11 is 3.31. The third-order valence-electron chi connectivity index (χ3n) is 1.93. The normalized spacial score (nSPS) is 10.4. The summed E-state index contributed by atoms with van der Waals surface area (Å²) < 4.78 is 0. The van der Waals surface area contributed by atoms with E-state index in [1.54, 1.807) is 23.1 Å². The summed E-state index contributed by atoms with van der Waals surface area (Å²) in [6.45, 7) is 2.02. The molecule has 0 aromatic carbocycles. The summed E-state index contributed by atoms with van der Waals surface area (Å²) in [7, 11) is 0. The first-order valence-corrected chi connectivity index (χ1v) is 6.33. The monoisotopic (exact) mass is 222 g/mol. The van der Waals surface area contributed by atoms with Gasteiger partial charge in [0.15, 0.2) is 0 Å². The lowest BCUT2D eigenvalue weighted by molar-refractivity contribution is 1.07. The Hall–Kier alpha value is -0.870. The SMILES string of the molecule is CSc1ccc(-c2nccs2)c(C)n1. The molecule has 0 amide bonds. The Morgan fingerprint density at radius 1 is 1.36 bits per heavy atom. The molecule has 72 valence electrons. The number of hydrogen-bond donors (Lipinski definition) is 0. The smallest absolute Gasteiger partial charge is 0.125 e. The van der Waals surface area contributed by atoms with Crippen LogP contribution >= 0.6 is 23.1 Å². The highest BCUT2D eigenvalue weighted by Gasteiger charge is 2.05. The van der Waals surface area contributed by atoms with Crippen LogP contribution in [0.2, 0.25) is 0 Å². The highest BCUT2D eigenvalue weighted by atomic mass is 32.2. The van der Waals surface area contributed by atoms with Crippen LogP contribution in [0.1, 0.15) is 5.69 Å². The minimum atomic E-state index is 1.04. The van der Waals surface area contributed by atoms with Gasteiger partial charge in [-0.1, -0.05) is 0 Å². The zero-order chi connectivity index (χ0) is 9.97. The number of aromatic nitrogens is 2. The standard InChI is InChI=1S/C10H10N2S2/c1-7-8(10-11-5-6-14-10)3-4-9(12-7)13-2/h3-6H,1-2H3. The van der Waals surface area contributed by atoms with E-state index in [0.29, 0.717) is 0 Å². The summed E-state index contributed by atoms with van der Waals surface area (Å²) in [6.07, 6.45) is 3.85. The molecule has 0 fully saturated rings. The van der Waals surface area contributed by atoms with Gasteiger partial charge in [0.05, 0.1) is 5.03 Å². The van der Waals surface area contributed by atoms with Crippen molar-refractivity contribution >= 4 is 23.1 Å². The molecule has 0 aliphatic carbocycles. The van der Waals surface area contributed by atoms with E-state index in [0.717, 1.165) is 21.3 Å². The van der Waals surface area contributed by atoms with Crippen LogP contribution in [0.3, 0.4) is 0 Å². The van der Waals surface area contributed by atoms with E-state index < -0.39 is 0 Å². The van der Waals surface area contributed by atoms with E-state index in [1.807, 2.05) is 30.8 Å². The summed E-state index contributed by atoms with van der Waals surface area (Å²) in [4.78, 5) is 8.75. The van der Waals surface area contributed by atoms with Crippen molar-refractivity contribution in [2.75, 3.05) is 6.26 Å². The Morgan fingerprint density at radius 3 is 2.79 bits per heavy atom. The van der Waals surface area contributed by atoms with Gasteiger partial charge in [-0.3, -0.25) is 0 Å². The molecule has 0 atom stereocenters. The van der Waals surface area contributed by atoms with E-state index in [4.69, 9.17) is 0 Å². The third-order valence-corrected chi connectivity index (χ3v) is 3.38. The highest BCUT2D eigenvalue weighted by molar-refractivity contribution is 7.98. The molecule has 0 saturated heterocycles. The lowest BCUT2D eigenvalue weighted by Crippen LogP contribution is -1.88. The Morgan fingerprint density at radius 2 is 2.21 bits per heavy atom. The summed E-state index contributed by atoms with van der Waals surface area (Å²) in [6, 6.07) is 4.13. The average molecular weight is 222 g/mol. The number of aryl methyl sites for hydroxylation is 1. The van der Waals surface area contributed by atoms with Gasteiger partial charge in [-0.15, -0.1) is 23.1 Å². The zero-order valence-electron chi connectivity index (χ0n) is 8.02. The van der Waals surface area contributed by atoms with Crippen LogP contribution in [0.5, 0.6) is 0 Å². The van der Waals surface area contributed by atoms with Gasteiger partial charge in [0, 0.05) is 22.8 Å². The second-order valence-corrected chi connectivity index (χ2v) is 4.54. The molecule has 0 saturated carbocycles. The maximum absolute atomic E-state index is 4.48. The Balaban J connectivity index is 2.46. The van der Waals surface area contributed by atoms with Crippen LogP contribution in [-0.2, 0) is 0 Å². The predicted molar refractivity (Wildman–Crippen MR) is 61.9 cm³/mol. The van der Waals surface area contributed by atoms with Crippen molar-refractivity contribution in [2.24, 2.45) is 0 Å². The van der Waals surface area contributed by atoms with E-state index in [1.165, 1.54) is 0 Å². The first-order valence-electron chi connectivity index (χ1n) is 4.23. The minimum absolute atomic E-state index is 1.04. The van der Waals surface area contributed by atoms with Crippen LogP contribution in [0.4, 0.5) is 0 Å². The molecule has 0 aliphatic rings. The summed E-state index contributed by atoms with van der Waals surface area (Å²) in [5.41, 5.74) is 2.18. The molecule has 2 aromatic heterocycles. The fraction of sp³-hybridized carbons (Fsp3) is 0.200. The number of hydrogen-bond acceptors (Lipinski definition) is 4. The van der Waals surface area contributed by atoms with Crippen LogP contribution in [0.25, 0.3) is 10.6 Å². The molecule has 0 spiro atoms. The largest absolute Gasteiger partial charge is 0.246 e. The number of nitrogens with zero attached hydrogens (tertiary/aromatic N) is 2. The van der Waals surface area contributed by atoms with Crippen molar-refractivity contribution in [1.29, 1.82) is 0 Å². The summed E-state index contributed by atoms with van der Waals surface area (Å²) in [5, 5.41) is 4.09. The molecule has 0 N–H and O–H groups in total. The molecule has 2 aromatic rings. The van der Waals surface area contributed by atoms with Gasteiger partial charge < -0.3 is 0 Å². The third kappa shape index (κ3) is 1.81. The molecule has 4 heteroatoms. The molecule has 2 rings (SSSR count). The lowest BCUT2D eigenvalue weighted by atomic mass is 10.2. The molecule has 0 radical (unpaired) electrons. The highest BCUT2D eigenvalue weighted by Crippen LogP contribution is 2.25. The fourth-order valence-corrected chi connectivity index (χ4v) is 2.38. The number of thioether (sulfide) groups is 1. The van der Waals surface area contributed by atoms with Crippen LogP contribution in [0.15, 0.2) is 28.7 Å². The summed E-state index contributed by atoms with van der Waals surface area (Å²) in [5.74, 6) is 0. The molecular formula is C10H10N2S2. The fourth-order valence-electron chi connectivity index (χ4n) is 1.23. The molecule has 2 heterocycles. The van der Waals surface area contributed by atoms with Gasteiger partial charge >= 0.3 is 0 Å². The second kappa shape index (κ2) is 4.11. The van der Waals surface area contributed by atoms with Gasteiger partial charge in [0.2, 0.25) is 0 Å². The molecule has 0 unspecified atom stereocenters. The van der Waals surface area contributed by atoms with Gasteiger partial charge in [-0.05, 0) is 25.3 Å². The van der Waals surface area contributed by atoms with E-state index in [9.17, 15) is 0 Å². The minimum Gasteiger partial charge on any atom is -0.246 e. The van der Waals surface area contributed by atoms with Crippen molar-refractivity contribution in [3.05, 3.63) is 29.4 Å². The zero-order valence-corrected chi connectivity index (χ0v) is 9.65. The van der Waals surface area contributed by atoms with Crippen molar-refractivity contribution in [2.45, 2.75) is 11.9 Å². The van der Waals surface area contributed by atoms with Gasteiger partial charge in [0.25, 0.3) is 0 Å². The molecule has 0 bridgehead atoms. The maximum Gasteiger partial charge on any atom is 0.125 e. The second-order valence-electron chi connectivity index (χ2n) is 2.82. The van der Waals surface area contributed by atoms with E-state index in [-0.39, 0.29) is 0 Å². The van der Waals surface area contributed by atoms with Gasteiger partial charge in [0.1, 0.15) is 5.01 Å². The van der Waals surface area contributed by atoms with E-state index >= 15 is 0 Å². The van der Waals surface area contributed by atoms with E-state index in [2.05, 4.69) is 16.0 Å². The lowest BCUT2D eigenvalue weighted by Gasteiger charge is -2.02. The van der Waals surface area contributed by atoms with Crippen molar-refractivity contribution in [1.82, 2.24) is 9.97 Å². The maximum atomic E-state index is 4.48. The predicted octanol–water partition coefficient (Wildman–Crippen LogP) is 3.24. The van der Waals surface area contributed by atoms with Crippen molar-refractivity contribution < 1.29 is 0 Å². The molecule has 14 heavy (non-hydrogen) atoms. The van der Waals surface area contributed by atoms with Crippen LogP contribution < -0.4 is 0 Å². The topological polar surface area (TPSA) is 25.8 Å². The number of rotatable bonds is 2. The van der Waals surface area contributed by atoms with Crippen molar-refractivity contribution in [3.8, 4) is 10.6 Å². The van der Waals surface area contributed by atoms with Crippen molar-refractivity contribution in [3.63, 3.8) is 0 Å².